The molecule has 0 aromatic carbocycles. The SMILES string of the molecule is C=CCN=C(N)N.Cl. The molecule has 0 aromatic heterocycles. The second kappa shape index (κ2) is 6.30. The van der Waals surface area contributed by atoms with E-state index in [2.05, 4.69) is 11.6 Å². The van der Waals surface area contributed by atoms with Crippen molar-refractivity contribution in [3.8, 4) is 0 Å². The van der Waals surface area contributed by atoms with Gasteiger partial charge in [0.25, 0.3) is 0 Å². The number of rotatable bonds is 2. The van der Waals surface area contributed by atoms with E-state index in [1.807, 2.05) is 0 Å². The van der Waals surface area contributed by atoms with Gasteiger partial charge >= 0.3 is 0 Å². The van der Waals surface area contributed by atoms with Crippen LogP contribution in [0.15, 0.2) is 17.6 Å². The molecule has 0 atom stereocenters. The fourth-order valence-electron chi connectivity index (χ4n) is 0.170. The normalized spacial score (nSPS) is 6.50. The molecule has 3 nitrogen and oxygen atoms in total. The van der Waals surface area contributed by atoms with Crippen molar-refractivity contribution in [3.05, 3.63) is 12.7 Å². The Kier molecular flexibility index (Phi) is 8.12. The molecule has 0 rings (SSSR count). The summed E-state index contributed by atoms with van der Waals surface area (Å²) in [6.07, 6.45) is 1.62. The number of nitrogens with two attached hydrogens (primary N) is 2. The quantitative estimate of drug-likeness (QED) is 0.315. The van der Waals surface area contributed by atoms with Gasteiger partial charge in [0, 0.05) is 0 Å². The second-order valence-electron chi connectivity index (χ2n) is 1.05. The maximum absolute atomic E-state index is 4.96. The van der Waals surface area contributed by atoms with E-state index in [0.717, 1.165) is 0 Å². The van der Waals surface area contributed by atoms with E-state index in [1.165, 1.54) is 0 Å². The summed E-state index contributed by atoms with van der Waals surface area (Å²) in [4.78, 5) is 3.60. The number of nitrogens with zero attached hydrogens (tertiary/aromatic N) is 1. The highest BCUT2D eigenvalue weighted by Crippen LogP contribution is 1.64. The van der Waals surface area contributed by atoms with Crippen LogP contribution in [0.5, 0.6) is 0 Å². The van der Waals surface area contributed by atoms with Gasteiger partial charge in [-0.3, -0.25) is 0 Å². The molecule has 0 saturated heterocycles. The van der Waals surface area contributed by atoms with Crippen molar-refractivity contribution in [2.75, 3.05) is 6.54 Å². The molecule has 0 aliphatic carbocycles. The van der Waals surface area contributed by atoms with Crippen molar-refractivity contribution < 1.29 is 0 Å². The van der Waals surface area contributed by atoms with E-state index in [4.69, 9.17) is 11.5 Å². The van der Waals surface area contributed by atoms with E-state index < -0.39 is 0 Å². The average Bonchev–Trinajstić information content (AvgIpc) is 1.61. The molecule has 4 heteroatoms. The Morgan fingerprint density at radius 3 is 2.25 bits per heavy atom. The van der Waals surface area contributed by atoms with Gasteiger partial charge in [0.15, 0.2) is 5.96 Å². The minimum absolute atomic E-state index is 0. The molecule has 0 unspecified atom stereocenters. The highest BCUT2D eigenvalue weighted by molar-refractivity contribution is 5.85. The Morgan fingerprint density at radius 2 is 2.12 bits per heavy atom. The predicted molar refractivity (Wildman–Crippen MR) is 38.1 cm³/mol. The smallest absolute Gasteiger partial charge is 0.186 e. The number of guanidine groups is 1. The van der Waals surface area contributed by atoms with Crippen LogP contribution in [0.4, 0.5) is 0 Å². The first-order valence-corrected chi connectivity index (χ1v) is 1.93. The van der Waals surface area contributed by atoms with Gasteiger partial charge in [0.2, 0.25) is 0 Å². The summed E-state index contributed by atoms with van der Waals surface area (Å²) in [6.45, 7) is 3.92. The summed E-state index contributed by atoms with van der Waals surface area (Å²) in [6, 6.07) is 0. The van der Waals surface area contributed by atoms with E-state index >= 15 is 0 Å². The van der Waals surface area contributed by atoms with Gasteiger partial charge < -0.3 is 11.5 Å². The lowest BCUT2D eigenvalue weighted by atomic mass is 10.6. The van der Waals surface area contributed by atoms with Gasteiger partial charge in [-0.15, -0.1) is 19.0 Å². The average molecular weight is 136 g/mol. The van der Waals surface area contributed by atoms with Crippen molar-refractivity contribution in [1.29, 1.82) is 0 Å². The Morgan fingerprint density at radius 1 is 1.62 bits per heavy atom. The molecule has 0 bridgehead atoms. The maximum atomic E-state index is 4.96. The first-order valence-electron chi connectivity index (χ1n) is 1.93. The summed E-state index contributed by atoms with van der Waals surface area (Å²) >= 11 is 0. The highest BCUT2D eigenvalue weighted by atomic mass is 35.5. The monoisotopic (exact) mass is 135 g/mol. The molecule has 0 fully saturated rings. The lowest BCUT2D eigenvalue weighted by Gasteiger charge is -1.83. The number of aliphatic imine (C=N–C) groups is 1. The van der Waals surface area contributed by atoms with Crippen molar-refractivity contribution in [1.82, 2.24) is 0 Å². The van der Waals surface area contributed by atoms with Crippen LogP contribution in [0.25, 0.3) is 0 Å². The minimum Gasteiger partial charge on any atom is -0.370 e. The first kappa shape index (κ1) is 10.3. The Bertz CT molecular complexity index is 85.3. The molecule has 0 aliphatic heterocycles. The van der Waals surface area contributed by atoms with Gasteiger partial charge in [-0.25, -0.2) is 4.99 Å². The van der Waals surface area contributed by atoms with Gasteiger partial charge in [-0.1, -0.05) is 6.08 Å². The Balaban J connectivity index is 0. The fraction of sp³-hybridized carbons (Fsp3) is 0.250. The summed E-state index contributed by atoms with van der Waals surface area (Å²) in [5.41, 5.74) is 9.92. The molecule has 0 saturated carbocycles. The summed E-state index contributed by atoms with van der Waals surface area (Å²) in [5, 5.41) is 0. The lowest BCUT2D eigenvalue weighted by Crippen LogP contribution is -2.22. The molecular formula is C4H10ClN3. The molecule has 0 spiro atoms. The third kappa shape index (κ3) is 9.00. The van der Waals surface area contributed by atoms with Gasteiger partial charge in [0.05, 0.1) is 6.54 Å². The van der Waals surface area contributed by atoms with E-state index in [0.29, 0.717) is 6.54 Å². The van der Waals surface area contributed by atoms with Crippen LogP contribution in [-0.4, -0.2) is 12.5 Å². The van der Waals surface area contributed by atoms with E-state index in [1.54, 1.807) is 6.08 Å². The van der Waals surface area contributed by atoms with Crippen LogP contribution in [0.2, 0.25) is 0 Å². The molecular weight excluding hydrogens is 126 g/mol. The standard InChI is InChI=1S/C4H9N3.ClH/c1-2-3-7-4(5)6;/h2H,1,3H2,(H4,5,6,7);1H. The van der Waals surface area contributed by atoms with Crippen molar-refractivity contribution in [2.24, 2.45) is 16.5 Å². The van der Waals surface area contributed by atoms with Crippen LogP contribution in [0.3, 0.4) is 0 Å². The molecule has 48 valence electrons. The zero-order valence-electron chi connectivity index (χ0n) is 4.50. The zero-order chi connectivity index (χ0) is 5.70. The molecule has 0 heterocycles. The highest BCUT2D eigenvalue weighted by Gasteiger charge is 1.70. The lowest BCUT2D eigenvalue weighted by molar-refractivity contribution is 1.22. The van der Waals surface area contributed by atoms with Crippen LogP contribution in [0.1, 0.15) is 0 Å². The van der Waals surface area contributed by atoms with Crippen molar-refractivity contribution >= 4 is 18.4 Å². The van der Waals surface area contributed by atoms with Crippen molar-refractivity contribution in [3.63, 3.8) is 0 Å². The molecule has 0 aromatic rings. The zero-order valence-corrected chi connectivity index (χ0v) is 5.32. The topological polar surface area (TPSA) is 64.4 Å². The van der Waals surface area contributed by atoms with Gasteiger partial charge in [-0.2, -0.15) is 0 Å². The third-order valence-corrected chi connectivity index (χ3v) is 0.403. The van der Waals surface area contributed by atoms with Crippen LogP contribution in [0, 0.1) is 0 Å². The largest absolute Gasteiger partial charge is 0.370 e. The Hall–Kier alpha value is -0.700. The number of hydrogen-bond donors (Lipinski definition) is 2. The fourth-order valence-corrected chi connectivity index (χ4v) is 0.170. The molecule has 0 aliphatic rings. The summed E-state index contributed by atoms with van der Waals surface area (Å²) < 4.78 is 0. The second-order valence-corrected chi connectivity index (χ2v) is 1.05. The number of hydrogen-bond acceptors (Lipinski definition) is 1. The molecule has 0 amide bonds. The van der Waals surface area contributed by atoms with Crippen LogP contribution < -0.4 is 11.5 Å². The van der Waals surface area contributed by atoms with Crippen LogP contribution >= 0.6 is 12.4 Å². The van der Waals surface area contributed by atoms with E-state index in [9.17, 15) is 0 Å². The summed E-state index contributed by atoms with van der Waals surface area (Å²) in [7, 11) is 0. The molecule has 4 N–H and O–H groups in total. The maximum Gasteiger partial charge on any atom is 0.186 e. The van der Waals surface area contributed by atoms with Crippen LogP contribution in [-0.2, 0) is 0 Å². The number of halogens is 1. The van der Waals surface area contributed by atoms with Gasteiger partial charge in [0.1, 0.15) is 0 Å². The first-order chi connectivity index (χ1) is 3.27. The third-order valence-electron chi connectivity index (χ3n) is 0.403. The van der Waals surface area contributed by atoms with Gasteiger partial charge in [-0.05, 0) is 0 Å². The van der Waals surface area contributed by atoms with E-state index in [-0.39, 0.29) is 18.4 Å². The predicted octanol–water partition coefficient (Wildman–Crippen LogP) is -0.132. The minimum atomic E-state index is 0. The molecule has 8 heavy (non-hydrogen) atoms. The molecule has 0 radical (unpaired) electrons. The summed E-state index contributed by atoms with van der Waals surface area (Å²) in [5.74, 6) is 0.111. The Labute approximate surface area is 54.9 Å². The van der Waals surface area contributed by atoms with Crippen molar-refractivity contribution in [2.45, 2.75) is 0 Å².